The van der Waals surface area contributed by atoms with Gasteiger partial charge < -0.3 is 20.0 Å². The molecule has 27 heavy (non-hydrogen) atoms. The average Bonchev–Trinajstić information content (AvgIpc) is 2.68. The molecule has 3 heterocycles. The van der Waals surface area contributed by atoms with Crippen molar-refractivity contribution in [2.45, 2.75) is 12.8 Å². The lowest BCUT2D eigenvalue weighted by molar-refractivity contribution is -0.383. The van der Waals surface area contributed by atoms with Crippen molar-refractivity contribution in [3.05, 3.63) is 16.4 Å². The topological polar surface area (TPSA) is 136 Å². The molecule has 2 aliphatic heterocycles. The van der Waals surface area contributed by atoms with Crippen LogP contribution in [0.4, 0.5) is 17.3 Å². The molecule has 0 aromatic carbocycles. The zero-order valence-electron chi connectivity index (χ0n) is 15.0. The highest BCUT2D eigenvalue weighted by atomic mass is 16.6. The number of hydrogen-bond donors (Lipinski definition) is 2. The molecule has 0 bridgehead atoms. The molecule has 3 rings (SSSR count). The highest BCUT2D eigenvalue weighted by molar-refractivity contribution is 5.73. The number of rotatable bonds is 6. The number of nitro groups is 1. The zero-order valence-corrected chi connectivity index (χ0v) is 15.0. The number of hydrogen-bond acceptors (Lipinski definition) is 9. The van der Waals surface area contributed by atoms with E-state index in [0.717, 1.165) is 0 Å². The fraction of sp³-hybridized carbons (Fsp3) is 0.688. The van der Waals surface area contributed by atoms with Gasteiger partial charge in [-0.15, -0.1) is 0 Å². The maximum absolute atomic E-state index is 11.8. The molecule has 0 saturated carbocycles. The Bertz CT molecular complexity index is 686. The maximum atomic E-state index is 11.8. The molecule has 1 aromatic heterocycles. The third-order valence-electron chi connectivity index (χ3n) is 5.20. The molecular formula is C16H24N6O5. The number of carboxylic acid groups (broad SMARTS) is 1. The van der Waals surface area contributed by atoms with Gasteiger partial charge in [-0.25, -0.2) is 9.97 Å². The van der Waals surface area contributed by atoms with Gasteiger partial charge >= 0.3 is 11.7 Å². The van der Waals surface area contributed by atoms with Gasteiger partial charge in [-0.3, -0.25) is 19.8 Å². The number of aliphatic hydroxyl groups is 1. The van der Waals surface area contributed by atoms with Crippen molar-refractivity contribution in [3.63, 3.8) is 0 Å². The summed E-state index contributed by atoms with van der Waals surface area (Å²) in [6, 6.07) is 0. The third-order valence-corrected chi connectivity index (χ3v) is 5.20. The summed E-state index contributed by atoms with van der Waals surface area (Å²) >= 11 is 0. The summed E-state index contributed by atoms with van der Waals surface area (Å²) in [7, 11) is 0. The summed E-state index contributed by atoms with van der Waals surface area (Å²) in [6.45, 7) is 4.06. The second-order valence-electron chi connectivity index (χ2n) is 6.78. The number of aliphatic carboxylic acids is 1. The number of β-amino-alcohol motifs (C(OH)–C–C–N with tert-alkyl or cyclic N) is 1. The second kappa shape index (κ2) is 8.44. The minimum Gasteiger partial charge on any atom is -0.481 e. The number of piperazine rings is 1. The highest BCUT2D eigenvalue weighted by Crippen LogP contribution is 2.36. The third kappa shape index (κ3) is 4.25. The Morgan fingerprint density at radius 1 is 1.11 bits per heavy atom. The molecule has 2 N–H and O–H groups in total. The van der Waals surface area contributed by atoms with Gasteiger partial charge in [0, 0.05) is 45.8 Å². The highest BCUT2D eigenvalue weighted by Gasteiger charge is 2.34. The van der Waals surface area contributed by atoms with Crippen LogP contribution in [0.25, 0.3) is 0 Å². The first-order valence-corrected chi connectivity index (χ1v) is 9.06. The summed E-state index contributed by atoms with van der Waals surface area (Å²) in [5, 5.41) is 30.0. The number of piperidine rings is 1. The Balaban J connectivity index is 1.80. The van der Waals surface area contributed by atoms with E-state index >= 15 is 0 Å². The normalized spacial score (nSPS) is 19.3. The van der Waals surface area contributed by atoms with Crippen LogP contribution >= 0.6 is 0 Å². The second-order valence-corrected chi connectivity index (χ2v) is 6.78. The molecule has 1 aromatic rings. The smallest absolute Gasteiger partial charge is 0.353 e. The van der Waals surface area contributed by atoms with Gasteiger partial charge in [0.2, 0.25) is 11.6 Å². The van der Waals surface area contributed by atoms with Crippen LogP contribution in [0.15, 0.2) is 6.33 Å². The first-order chi connectivity index (χ1) is 13.0. The van der Waals surface area contributed by atoms with Crippen LogP contribution in [-0.2, 0) is 4.79 Å². The van der Waals surface area contributed by atoms with Gasteiger partial charge in [-0.1, -0.05) is 0 Å². The van der Waals surface area contributed by atoms with E-state index in [1.54, 1.807) is 4.90 Å². The first kappa shape index (κ1) is 19.2. The monoisotopic (exact) mass is 380 g/mol. The molecule has 11 heteroatoms. The molecule has 2 fully saturated rings. The fourth-order valence-electron chi connectivity index (χ4n) is 3.65. The number of aliphatic hydroxyl groups excluding tert-OH is 1. The predicted molar refractivity (Wildman–Crippen MR) is 97.0 cm³/mol. The molecule has 0 aliphatic carbocycles. The van der Waals surface area contributed by atoms with Gasteiger partial charge in [0.05, 0.1) is 17.4 Å². The van der Waals surface area contributed by atoms with Crippen molar-refractivity contribution >= 4 is 23.3 Å². The van der Waals surface area contributed by atoms with E-state index in [9.17, 15) is 14.9 Å². The number of carbonyl (C=O) groups is 1. The van der Waals surface area contributed by atoms with Crippen LogP contribution in [0.1, 0.15) is 12.8 Å². The Hall–Kier alpha value is -2.53. The molecule has 2 saturated heterocycles. The van der Waals surface area contributed by atoms with Crippen LogP contribution in [0.2, 0.25) is 0 Å². The minimum atomic E-state index is -0.826. The number of anilines is 2. The van der Waals surface area contributed by atoms with Crippen LogP contribution in [0, 0.1) is 16.0 Å². The molecule has 148 valence electrons. The van der Waals surface area contributed by atoms with Crippen molar-refractivity contribution in [1.29, 1.82) is 0 Å². The SMILES string of the molecule is O=C(O)C1CCN(c2ncnc(N3CCN(CCO)CC3)c2[N+](=O)[O-])CC1. The van der Waals surface area contributed by atoms with Crippen LogP contribution in [-0.4, -0.2) is 88.4 Å². The van der Waals surface area contributed by atoms with E-state index in [4.69, 9.17) is 10.2 Å². The molecule has 0 radical (unpaired) electrons. The standard InChI is InChI=1S/C16H24N6O5/c23-10-9-19-5-7-21(8-6-19)15-13(22(26)27)14(17-11-18-15)20-3-1-12(2-4-20)16(24)25/h11-12,23H,1-10H2,(H,24,25). The van der Waals surface area contributed by atoms with E-state index in [1.807, 2.05) is 4.90 Å². The van der Waals surface area contributed by atoms with Crippen LogP contribution in [0.3, 0.4) is 0 Å². The first-order valence-electron chi connectivity index (χ1n) is 9.06. The number of carboxylic acids is 1. The lowest BCUT2D eigenvalue weighted by atomic mass is 9.97. The van der Waals surface area contributed by atoms with Crippen LogP contribution < -0.4 is 9.80 Å². The van der Waals surface area contributed by atoms with E-state index in [2.05, 4.69) is 14.9 Å². The van der Waals surface area contributed by atoms with Crippen LogP contribution in [0.5, 0.6) is 0 Å². The quantitative estimate of drug-likeness (QED) is 0.504. The lowest BCUT2D eigenvalue weighted by Crippen LogP contribution is -2.47. The zero-order chi connectivity index (χ0) is 19.4. The molecule has 0 unspecified atom stereocenters. The van der Waals surface area contributed by atoms with Crippen molar-refractivity contribution in [2.24, 2.45) is 5.92 Å². The number of aromatic nitrogens is 2. The summed E-state index contributed by atoms with van der Waals surface area (Å²) in [5.41, 5.74) is -0.123. The lowest BCUT2D eigenvalue weighted by Gasteiger charge is -2.35. The van der Waals surface area contributed by atoms with Crippen molar-refractivity contribution in [3.8, 4) is 0 Å². The predicted octanol–water partition coefficient (Wildman–Crippen LogP) is -0.200. The summed E-state index contributed by atoms with van der Waals surface area (Å²) in [6.07, 6.45) is 2.21. The molecule has 0 amide bonds. The summed E-state index contributed by atoms with van der Waals surface area (Å²) in [5.74, 6) is -0.685. The molecule has 0 atom stereocenters. The molecule has 0 spiro atoms. The number of nitrogens with zero attached hydrogens (tertiary/aromatic N) is 6. The average molecular weight is 380 g/mol. The molecular weight excluding hydrogens is 356 g/mol. The van der Waals surface area contributed by atoms with Crippen molar-refractivity contribution < 1.29 is 19.9 Å². The van der Waals surface area contributed by atoms with Crippen molar-refractivity contribution in [1.82, 2.24) is 14.9 Å². The van der Waals surface area contributed by atoms with Crippen molar-refractivity contribution in [2.75, 3.05) is 62.2 Å². The Labute approximate surface area is 156 Å². The Kier molecular flexibility index (Phi) is 6.01. The van der Waals surface area contributed by atoms with E-state index in [1.165, 1.54) is 6.33 Å². The maximum Gasteiger partial charge on any atom is 0.353 e. The summed E-state index contributed by atoms with van der Waals surface area (Å²) < 4.78 is 0. The largest absolute Gasteiger partial charge is 0.481 e. The van der Waals surface area contributed by atoms with E-state index < -0.39 is 16.8 Å². The van der Waals surface area contributed by atoms with Gasteiger partial charge in [0.15, 0.2) is 0 Å². The van der Waals surface area contributed by atoms with E-state index in [0.29, 0.717) is 64.5 Å². The van der Waals surface area contributed by atoms with Gasteiger partial charge in [0.1, 0.15) is 6.33 Å². The molecule has 11 nitrogen and oxygen atoms in total. The fourth-order valence-corrected chi connectivity index (χ4v) is 3.65. The Morgan fingerprint density at radius 3 is 2.15 bits per heavy atom. The summed E-state index contributed by atoms with van der Waals surface area (Å²) in [4.78, 5) is 36.6. The van der Waals surface area contributed by atoms with Gasteiger partial charge in [-0.2, -0.15) is 0 Å². The molecule has 2 aliphatic rings. The Morgan fingerprint density at radius 2 is 1.67 bits per heavy atom. The van der Waals surface area contributed by atoms with Gasteiger partial charge in [-0.05, 0) is 12.8 Å². The van der Waals surface area contributed by atoms with E-state index in [-0.39, 0.29) is 18.1 Å². The van der Waals surface area contributed by atoms with Gasteiger partial charge in [0.25, 0.3) is 0 Å². The minimum absolute atomic E-state index is 0.0874.